The molecule has 0 radical (unpaired) electrons. The summed E-state index contributed by atoms with van der Waals surface area (Å²) in [6, 6.07) is 15.3. The van der Waals surface area contributed by atoms with Crippen molar-refractivity contribution in [2.75, 3.05) is 40.5 Å². The highest BCUT2D eigenvalue weighted by atomic mass is 17.2. The Morgan fingerprint density at radius 3 is 1.43 bits per heavy atom. The van der Waals surface area contributed by atoms with Gasteiger partial charge in [-0.2, -0.15) is 9.78 Å². The zero-order valence-electron chi connectivity index (χ0n) is 38.4. The number of aromatic nitrogens is 6. The van der Waals surface area contributed by atoms with Crippen molar-refractivity contribution in [3.63, 3.8) is 0 Å². The van der Waals surface area contributed by atoms with Gasteiger partial charge in [0.25, 0.3) is 0 Å². The number of benzene rings is 2. The second-order valence-corrected chi connectivity index (χ2v) is 17.8. The third-order valence-electron chi connectivity index (χ3n) is 11.7. The van der Waals surface area contributed by atoms with Crippen LogP contribution in [0, 0.1) is 11.8 Å². The summed E-state index contributed by atoms with van der Waals surface area (Å²) in [6.07, 6.45) is 8.15. The maximum absolute atomic E-state index is 6.37. The molecule has 17 nitrogen and oxygen atoms in total. The van der Waals surface area contributed by atoms with Crippen LogP contribution in [-0.4, -0.2) is 93.9 Å². The van der Waals surface area contributed by atoms with Crippen LogP contribution in [0.1, 0.15) is 115 Å². The highest BCUT2D eigenvalue weighted by Crippen LogP contribution is 2.38. The van der Waals surface area contributed by atoms with Crippen molar-refractivity contribution in [2.24, 2.45) is 11.8 Å². The molecule has 0 saturated carbocycles. The molecule has 6 rings (SSSR count). The van der Waals surface area contributed by atoms with E-state index in [0.29, 0.717) is 51.4 Å². The van der Waals surface area contributed by atoms with E-state index in [1.54, 1.807) is 14.2 Å². The Balaban J connectivity index is 0.769. The summed E-state index contributed by atoms with van der Waals surface area (Å²) in [5.74, 6) is 2.48. The normalized spacial score (nSPS) is 21.8. The fourth-order valence-electron chi connectivity index (χ4n) is 7.40. The molecule has 1 N–H and O–H groups in total. The zero-order chi connectivity index (χ0) is 44.7. The molecule has 2 aromatic carbocycles. The molecule has 17 heteroatoms. The average Bonchev–Trinajstić information content (AvgIpc) is 3.95. The minimum atomic E-state index is -0.578. The van der Waals surface area contributed by atoms with Gasteiger partial charge >= 0.3 is 0 Å². The average molecular weight is 880 g/mol. The molecule has 6 atom stereocenters. The van der Waals surface area contributed by atoms with Crippen molar-refractivity contribution >= 4 is 0 Å². The fraction of sp³-hybridized carbons (Fsp3) is 0.652. The molecule has 0 aliphatic carbocycles. The number of nitrogens with one attached hydrogen (secondary N) is 1. The van der Waals surface area contributed by atoms with E-state index in [2.05, 4.69) is 39.8 Å². The molecular formula is C46H69N7O10. The van der Waals surface area contributed by atoms with Gasteiger partial charge in [0, 0.05) is 37.3 Å². The van der Waals surface area contributed by atoms with Gasteiger partial charge < -0.3 is 33.7 Å². The molecule has 2 aromatic heterocycles. The van der Waals surface area contributed by atoms with Crippen LogP contribution in [0.3, 0.4) is 0 Å². The second-order valence-electron chi connectivity index (χ2n) is 17.8. The topological polar surface area (TPSA) is 166 Å². The third kappa shape index (κ3) is 15.0. The number of hydrogen-bond acceptors (Lipinski definition) is 15. The van der Waals surface area contributed by atoms with Crippen LogP contribution >= 0.6 is 0 Å². The lowest BCUT2D eigenvalue weighted by atomic mass is 9.92. The predicted octanol–water partition coefficient (Wildman–Crippen LogP) is 7.47. The molecule has 348 valence electrons. The number of hydrogen-bond donors (Lipinski definition) is 1. The van der Waals surface area contributed by atoms with Crippen LogP contribution in [0.4, 0.5) is 0 Å². The summed E-state index contributed by atoms with van der Waals surface area (Å²) in [6.45, 7) is 17.4. The third-order valence-corrected chi connectivity index (χ3v) is 11.7. The van der Waals surface area contributed by atoms with E-state index in [-0.39, 0.29) is 12.2 Å². The molecule has 0 spiro atoms. The summed E-state index contributed by atoms with van der Waals surface area (Å²) >= 11 is 0. The molecule has 2 aliphatic rings. The molecule has 0 amide bonds. The van der Waals surface area contributed by atoms with Crippen LogP contribution in [0.15, 0.2) is 60.9 Å². The Hall–Kier alpha value is -4.04. The van der Waals surface area contributed by atoms with Gasteiger partial charge in [0.05, 0.1) is 65.2 Å². The van der Waals surface area contributed by atoms with Gasteiger partial charge in [-0.15, -0.1) is 10.2 Å². The van der Waals surface area contributed by atoms with E-state index in [9.17, 15) is 0 Å². The van der Waals surface area contributed by atoms with E-state index < -0.39 is 23.8 Å². The Morgan fingerprint density at radius 2 is 1.03 bits per heavy atom. The van der Waals surface area contributed by atoms with Crippen molar-refractivity contribution < 1.29 is 48.0 Å². The Morgan fingerprint density at radius 1 is 0.619 bits per heavy atom. The van der Waals surface area contributed by atoms with E-state index in [1.165, 1.54) is 0 Å². The van der Waals surface area contributed by atoms with E-state index >= 15 is 0 Å². The molecule has 2 aliphatic heterocycles. The molecule has 63 heavy (non-hydrogen) atoms. The molecule has 4 heterocycles. The lowest BCUT2D eigenvalue weighted by molar-refractivity contribution is -0.487. The van der Waals surface area contributed by atoms with Crippen molar-refractivity contribution in [2.45, 2.75) is 142 Å². The molecule has 2 fully saturated rings. The predicted molar refractivity (Wildman–Crippen MR) is 232 cm³/mol. The van der Waals surface area contributed by atoms with Gasteiger partial charge in [-0.3, -0.25) is 9.36 Å². The van der Waals surface area contributed by atoms with Crippen LogP contribution in [0.5, 0.6) is 11.5 Å². The first-order valence-electron chi connectivity index (χ1n) is 22.3. The lowest BCUT2D eigenvalue weighted by Gasteiger charge is -2.41. The molecule has 6 unspecified atom stereocenters. The van der Waals surface area contributed by atoms with E-state index in [1.807, 2.05) is 98.0 Å². The summed E-state index contributed by atoms with van der Waals surface area (Å²) < 4.78 is 38.7. The minimum absolute atomic E-state index is 0.111. The van der Waals surface area contributed by atoms with Crippen LogP contribution in [0.2, 0.25) is 0 Å². The molecule has 4 aromatic rings. The molecule has 0 bridgehead atoms. The lowest BCUT2D eigenvalue weighted by Crippen LogP contribution is -2.46. The van der Waals surface area contributed by atoms with Crippen molar-refractivity contribution in [3.05, 3.63) is 83.4 Å². The van der Waals surface area contributed by atoms with Crippen molar-refractivity contribution in [1.82, 2.24) is 35.3 Å². The Kier molecular flexibility index (Phi) is 18.3. The smallest absolute Gasteiger partial charge is 0.217 e. The SMILES string of the molecule is COc1ccc(C2OOC(C)(C)C(CCC(C)CCn3cc(COCCNCCOCc4cn(CCC(C)CCC5OC(c6ccc(OC)cc6)OOC5(C)C)nn4)nn3)O2)cc1. The first kappa shape index (κ1) is 48.4. The minimum Gasteiger partial charge on any atom is -0.497 e. The quantitative estimate of drug-likeness (QED) is 0.0487. The number of methoxy groups -OCH3 is 2. The highest BCUT2D eigenvalue weighted by Gasteiger charge is 2.42. The first-order chi connectivity index (χ1) is 30.4. The number of ether oxygens (including phenoxy) is 6. The van der Waals surface area contributed by atoms with Gasteiger partial charge in [0.15, 0.2) is 0 Å². The fourth-order valence-corrected chi connectivity index (χ4v) is 7.40. The van der Waals surface area contributed by atoms with Crippen molar-refractivity contribution in [3.8, 4) is 11.5 Å². The second kappa shape index (κ2) is 23.8. The van der Waals surface area contributed by atoms with Crippen LogP contribution in [0.25, 0.3) is 0 Å². The van der Waals surface area contributed by atoms with Gasteiger partial charge in [-0.05, 0) is 102 Å². The van der Waals surface area contributed by atoms with Gasteiger partial charge in [0.1, 0.15) is 34.1 Å². The standard InChI is InChI=1S/C46H69N7O10/c1-33(9-19-41-45(3,4)62-60-43(58-41)35-11-15-39(54-7)16-12-35)21-25-52-29-37(48-50-52)31-56-27-23-47-24-28-57-32-38-30-53(51-49-38)26-22-34(2)10-20-42-46(5,6)63-61-44(59-42)36-13-17-40(55-8)18-14-36/h11-18,29-30,33-34,41-44,47H,9-10,19-28,31-32H2,1-8H3. The summed E-state index contributed by atoms with van der Waals surface area (Å²) in [4.78, 5) is 22.8. The van der Waals surface area contributed by atoms with Gasteiger partial charge in [-0.25, -0.2) is 9.78 Å². The number of nitrogens with zero attached hydrogens (tertiary/aromatic N) is 6. The summed E-state index contributed by atoms with van der Waals surface area (Å²) in [5, 5.41) is 20.6. The summed E-state index contributed by atoms with van der Waals surface area (Å²) in [5.41, 5.74) is 2.30. The zero-order valence-corrected chi connectivity index (χ0v) is 38.4. The van der Waals surface area contributed by atoms with Crippen LogP contribution in [-0.2, 0) is 64.8 Å². The Labute approximate surface area is 372 Å². The maximum atomic E-state index is 6.37. The molecular weight excluding hydrogens is 811 g/mol. The van der Waals surface area contributed by atoms with E-state index in [0.717, 1.165) is 85.6 Å². The summed E-state index contributed by atoms with van der Waals surface area (Å²) in [7, 11) is 3.29. The monoisotopic (exact) mass is 880 g/mol. The number of aryl methyl sites for hydroxylation is 2. The molecule has 2 saturated heterocycles. The van der Waals surface area contributed by atoms with Crippen molar-refractivity contribution in [1.29, 1.82) is 0 Å². The maximum Gasteiger partial charge on any atom is 0.217 e. The van der Waals surface area contributed by atoms with Gasteiger partial charge in [0.2, 0.25) is 12.6 Å². The number of rotatable bonds is 26. The van der Waals surface area contributed by atoms with E-state index in [4.69, 9.17) is 48.0 Å². The largest absolute Gasteiger partial charge is 0.497 e. The Bertz CT molecular complexity index is 1770. The van der Waals surface area contributed by atoms with Crippen LogP contribution < -0.4 is 14.8 Å². The first-order valence-corrected chi connectivity index (χ1v) is 22.3. The highest BCUT2D eigenvalue weighted by molar-refractivity contribution is 5.28. The van der Waals surface area contributed by atoms with Gasteiger partial charge in [-0.1, -0.05) is 48.5 Å².